The van der Waals surface area contributed by atoms with Crippen molar-refractivity contribution in [2.45, 2.75) is 38.8 Å². The van der Waals surface area contributed by atoms with Crippen LogP contribution < -0.4 is 5.32 Å². The zero-order valence-corrected chi connectivity index (χ0v) is 12.1. The normalized spacial score (nSPS) is 35.2. The predicted octanol–water partition coefficient (Wildman–Crippen LogP) is 1.57. The number of likely N-dealkylation sites (tertiary alicyclic amines) is 2. The fraction of sp³-hybridized carbons (Fsp3) is 0.867. The summed E-state index contributed by atoms with van der Waals surface area (Å²) < 4.78 is 0. The molecule has 0 radical (unpaired) electrons. The van der Waals surface area contributed by atoms with E-state index < -0.39 is 0 Å². The summed E-state index contributed by atoms with van der Waals surface area (Å²) in [5.74, 6) is 0. The van der Waals surface area contributed by atoms with Gasteiger partial charge in [-0.05, 0) is 32.9 Å². The highest BCUT2D eigenvalue weighted by atomic mass is 15.3. The fourth-order valence-electron chi connectivity index (χ4n) is 3.77. The third-order valence-electron chi connectivity index (χ3n) is 4.99. The first-order valence-corrected chi connectivity index (χ1v) is 7.41. The third kappa shape index (κ3) is 2.49. The average molecular weight is 251 g/mol. The maximum absolute atomic E-state index is 3.42. The smallest absolute Gasteiger partial charge is 0.0207 e. The van der Waals surface area contributed by atoms with Crippen LogP contribution in [0.2, 0.25) is 0 Å². The topological polar surface area (TPSA) is 18.5 Å². The Morgan fingerprint density at radius 1 is 1.28 bits per heavy atom. The summed E-state index contributed by atoms with van der Waals surface area (Å²) in [6.45, 7) is 18.5. The molecule has 0 aromatic rings. The fourth-order valence-corrected chi connectivity index (χ4v) is 3.77. The van der Waals surface area contributed by atoms with E-state index in [9.17, 15) is 0 Å². The van der Waals surface area contributed by atoms with E-state index in [1.54, 1.807) is 0 Å². The molecule has 3 rings (SSSR count). The van der Waals surface area contributed by atoms with Crippen LogP contribution in [-0.2, 0) is 0 Å². The SMILES string of the molecule is C=C.CCN1CCC(N2CC3(CNC3)C2)C[C@H]1C. The quantitative estimate of drug-likeness (QED) is 0.752. The summed E-state index contributed by atoms with van der Waals surface area (Å²) in [7, 11) is 0. The van der Waals surface area contributed by atoms with Crippen LogP contribution in [0.3, 0.4) is 0 Å². The first-order chi connectivity index (χ1) is 8.72. The molecule has 3 aliphatic heterocycles. The Labute approximate surface area is 112 Å². The van der Waals surface area contributed by atoms with Crippen LogP contribution >= 0.6 is 0 Å². The maximum Gasteiger partial charge on any atom is 0.0207 e. The second-order valence-electron chi connectivity index (χ2n) is 6.16. The van der Waals surface area contributed by atoms with Gasteiger partial charge in [-0.25, -0.2) is 0 Å². The van der Waals surface area contributed by atoms with E-state index in [4.69, 9.17) is 0 Å². The van der Waals surface area contributed by atoms with Gasteiger partial charge in [0.2, 0.25) is 0 Å². The van der Waals surface area contributed by atoms with Crippen LogP contribution in [0.25, 0.3) is 0 Å². The van der Waals surface area contributed by atoms with Crippen molar-refractivity contribution in [3.63, 3.8) is 0 Å². The Hall–Kier alpha value is -0.380. The van der Waals surface area contributed by atoms with Gasteiger partial charge in [-0.1, -0.05) is 6.92 Å². The molecule has 18 heavy (non-hydrogen) atoms. The molecule has 3 heteroatoms. The molecule has 1 unspecified atom stereocenters. The lowest BCUT2D eigenvalue weighted by molar-refractivity contribution is -0.0819. The van der Waals surface area contributed by atoms with Crippen molar-refractivity contribution in [1.29, 1.82) is 0 Å². The minimum atomic E-state index is 0.700. The molecule has 3 aliphatic rings. The highest BCUT2D eigenvalue weighted by Crippen LogP contribution is 2.37. The lowest BCUT2D eigenvalue weighted by Gasteiger charge is -2.59. The summed E-state index contributed by atoms with van der Waals surface area (Å²) in [4.78, 5) is 5.36. The number of hydrogen-bond donors (Lipinski definition) is 1. The van der Waals surface area contributed by atoms with Gasteiger partial charge in [0.15, 0.2) is 0 Å². The van der Waals surface area contributed by atoms with E-state index in [2.05, 4.69) is 42.1 Å². The summed E-state index contributed by atoms with van der Waals surface area (Å²) in [5.41, 5.74) is 0.700. The van der Waals surface area contributed by atoms with Crippen LogP contribution in [0.1, 0.15) is 26.7 Å². The molecule has 0 aromatic carbocycles. The zero-order chi connectivity index (χ0) is 13.2. The molecule has 3 fully saturated rings. The van der Waals surface area contributed by atoms with Crippen LogP contribution in [-0.4, -0.2) is 61.2 Å². The molecule has 3 saturated heterocycles. The second kappa shape index (κ2) is 5.72. The summed E-state index contributed by atoms with van der Waals surface area (Å²) in [5, 5.41) is 3.42. The Morgan fingerprint density at radius 3 is 2.39 bits per heavy atom. The molecule has 0 aliphatic carbocycles. The molecule has 1 spiro atoms. The second-order valence-corrected chi connectivity index (χ2v) is 6.16. The van der Waals surface area contributed by atoms with Crippen molar-refractivity contribution in [3.05, 3.63) is 13.2 Å². The Balaban J connectivity index is 0.000000574. The van der Waals surface area contributed by atoms with Gasteiger partial charge in [0.05, 0.1) is 0 Å². The van der Waals surface area contributed by atoms with Gasteiger partial charge < -0.3 is 10.2 Å². The van der Waals surface area contributed by atoms with E-state index in [0.29, 0.717) is 5.41 Å². The zero-order valence-electron chi connectivity index (χ0n) is 12.1. The number of nitrogens with one attached hydrogen (secondary N) is 1. The number of nitrogens with zero attached hydrogens (tertiary/aromatic N) is 2. The van der Waals surface area contributed by atoms with Gasteiger partial charge in [-0.3, -0.25) is 4.90 Å². The van der Waals surface area contributed by atoms with Crippen LogP contribution in [0.15, 0.2) is 13.2 Å². The largest absolute Gasteiger partial charge is 0.315 e. The van der Waals surface area contributed by atoms with Gasteiger partial charge >= 0.3 is 0 Å². The minimum absolute atomic E-state index is 0.700. The number of rotatable bonds is 2. The first kappa shape index (κ1) is 14.0. The Kier molecular flexibility index (Phi) is 4.46. The summed E-state index contributed by atoms with van der Waals surface area (Å²) >= 11 is 0. The predicted molar refractivity (Wildman–Crippen MR) is 77.9 cm³/mol. The number of hydrogen-bond acceptors (Lipinski definition) is 3. The van der Waals surface area contributed by atoms with Crippen molar-refractivity contribution in [2.24, 2.45) is 5.41 Å². The van der Waals surface area contributed by atoms with Gasteiger partial charge in [-0.15, -0.1) is 13.2 Å². The average Bonchev–Trinajstić information content (AvgIpc) is 2.28. The van der Waals surface area contributed by atoms with Crippen LogP contribution in [0, 0.1) is 5.41 Å². The van der Waals surface area contributed by atoms with E-state index in [-0.39, 0.29) is 0 Å². The van der Waals surface area contributed by atoms with Crippen LogP contribution in [0.4, 0.5) is 0 Å². The highest BCUT2D eigenvalue weighted by Gasteiger charge is 2.49. The van der Waals surface area contributed by atoms with Gasteiger partial charge in [0.25, 0.3) is 0 Å². The minimum Gasteiger partial charge on any atom is -0.315 e. The third-order valence-corrected chi connectivity index (χ3v) is 4.99. The van der Waals surface area contributed by atoms with E-state index >= 15 is 0 Å². The van der Waals surface area contributed by atoms with Crippen molar-refractivity contribution in [1.82, 2.24) is 15.1 Å². The van der Waals surface area contributed by atoms with E-state index in [1.807, 2.05) is 0 Å². The van der Waals surface area contributed by atoms with Crippen molar-refractivity contribution < 1.29 is 0 Å². The molecule has 0 aromatic heterocycles. The summed E-state index contributed by atoms with van der Waals surface area (Å²) in [6, 6.07) is 1.67. The van der Waals surface area contributed by atoms with Crippen LogP contribution in [0.5, 0.6) is 0 Å². The summed E-state index contributed by atoms with van der Waals surface area (Å²) in [6.07, 6.45) is 2.78. The molecule has 0 saturated carbocycles. The van der Waals surface area contributed by atoms with Crippen molar-refractivity contribution in [2.75, 3.05) is 39.3 Å². The molecular weight excluding hydrogens is 222 g/mol. The van der Waals surface area contributed by atoms with Crippen molar-refractivity contribution in [3.8, 4) is 0 Å². The monoisotopic (exact) mass is 251 g/mol. The molecule has 104 valence electrons. The lowest BCUT2D eigenvalue weighted by Crippen LogP contribution is -2.73. The van der Waals surface area contributed by atoms with Gasteiger partial charge in [0.1, 0.15) is 0 Å². The molecule has 2 atom stereocenters. The van der Waals surface area contributed by atoms with Gasteiger partial charge in [-0.2, -0.15) is 0 Å². The molecular formula is C15H29N3. The Morgan fingerprint density at radius 2 is 1.94 bits per heavy atom. The number of piperidine rings is 1. The standard InChI is InChI=1S/C13H25N3.C2H4/c1-3-15-5-4-12(6-11(15)2)16-9-13(10-16)7-14-8-13;1-2/h11-12,14H,3-10H2,1-2H3;1-2H2/t11-,12?;/m1./s1. The highest BCUT2D eigenvalue weighted by molar-refractivity contribution is 5.06. The molecule has 0 amide bonds. The van der Waals surface area contributed by atoms with Gasteiger partial charge in [0, 0.05) is 43.7 Å². The maximum atomic E-state index is 3.42. The Bertz CT molecular complexity index is 267. The lowest BCUT2D eigenvalue weighted by atomic mass is 9.73. The van der Waals surface area contributed by atoms with E-state index in [1.165, 1.54) is 52.1 Å². The first-order valence-electron chi connectivity index (χ1n) is 7.41. The molecule has 3 heterocycles. The van der Waals surface area contributed by atoms with Crippen molar-refractivity contribution >= 4 is 0 Å². The molecule has 1 N–H and O–H groups in total. The van der Waals surface area contributed by atoms with E-state index in [0.717, 1.165) is 12.1 Å². The molecule has 0 bridgehead atoms. The molecule has 3 nitrogen and oxygen atoms in total.